The predicted octanol–water partition coefficient (Wildman–Crippen LogP) is 4.71. The number of hydrogen-bond donors (Lipinski definition) is 1. The molecule has 0 bridgehead atoms. The van der Waals surface area contributed by atoms with Crippen LogP contribution in [0.1, 0.15) is 16.6 Å². The Morgan fingerprint density at radius 2 is 1.90 bits per heavy atom. The highest BCUT2D eigenvalue weighted by molar-refractivity contribution is 7.09. The van der Waals surface area contributed by atoms with Gasteiger partial charge in [0.05, 0.1) is 10.7 Å². The number of rotatable bonds is 4. The average molecular weight is 315 g/mol. The van der Waals surface area contributed by atoms with Gasteiger partial charge >= 0.3 is 0 Å². The van der Waals surface area contributed by atoms with E-state index in [1.54, 1.807) is 11.3 Å². The van der Waals surface area contributed by atoms with Gasteiger partial charge in [0.25, 0.3) is 0 Å². The third-order valence-electron chi connectivity index (χ3n) is 3.29. The maximum atomic E-state index is 6.25. The summed E-state index contributed by atoms with van der Waals surface area (Å²) < 4.78 is 0. The van der Waals surface area contributed by atoms with Crippen LogP contribution >= 0.6 is 22.9 Å². The summed E-state index contributed by atoms with van der Waals surface area (Å²) >= 11 is 7.65. The number of hydrogen-bond acceptors (Lipinski definition) is 3. The Hall–Kier alpha value is -1.68. The normalized spacial score (nSPS) is 12.3. The Labute approximate surface area is 133 Å². The molecule has 0 spiro atoms. The van der Waals surface area contributed by atoms with E-state index in [0.717, 1.165) is 28.2 Å². The largest absolute Gasteiger partial charge is 0.324 e. The molecule has 1 unspecified atom stereocenters. The molecule has 2 N–H and O–H groups in total. The molecular weight excluding hydrogens is 300 g/mol. The molecular formula is C17H15ClN2S. The number of halogens is 1. The van der Waals surface area contributed by atoms with E-state index in [1.165, 1.54) is 0 Å². The van der Waals surface area contributed by atoms with Crippen LogP contribution in [-0.4, -0.2) is 4.98 Å². The van der Waals surface area contributed by atoms with E-state index in [9.17, 15) is 0 Å². The number of aromatic nitrogens is 1. The third kappa shape index (κ3) is 3.50. The molecule has 0 aliphatic rings. The Morgan fingerprint density at radius 3 is 2.67 bits per heavy atom. The van der Waals surface area contributed by atoms with Crippen LogP contribution in [0.5, 0.6) is 0 Å². The molecule has 0 saturated heterocycles. The van der Waals surface area contributed by atoms with Crippen LogP contribution in [0.25, 0.3) is 11.3 Å². The van der Waals surface area contributed by atoms with Gasteiger partial charge in [0.15, 0.2) is 0 Å². The smallest absolute Gasteiger partial charge is 0.0951 e. The Bertz CT molecular complexity index is 724. The van der Waals surface area contributed by atoms with Crippen LogP contribution in [0.15, 0.2) is 60.0 Å². The highest BCUT2D eigenvalue weighted by Crippen LogP contribution is 2.25. The zero-order valence-electron chi connectivity index (χ0n) is 11.4. The van der Waals surface area contributed by atoms with Gasteiger partial charge in [0.1, 0.15) is 0 Å². The lowest BCUT2D eigenvalue weighted by Gasteiger charge is -2.10. The van der Waals surface area contributed by atoms with Gasteiger partial charge in [0, 0.05) is 28.4 Å². The number of benzene rings is 2. The van der Waals surface area contributed by atoms with E-state index in [1.807, 2.05) is 42.5 Å². The van der Waals surface area contributed by atoms with Crippen LogP contribution < -0.4 is 5.73 Å². The van der Waals surface area contributed by atoms with Gasteiger partial charge in [-0.3, -0.25) is 0 Å². The van der Waals surface area contributed by atoms with Crippen LogP contribution in [0.4, 0.5) is 0 Å². The maximum Gasteiger partial charge on any atom is 0.0951 e. The maximum absolute atomic E-state index is 6.25. The summed E-state index contributed by atoms with van der Waals surface area (Å²) in [4.78, 5) is 4.67. The van der Waals surface area contributed by atoms with E-state index in [4.69, 9.17) is 17.3 Å². The molecule has 0 aliphatic carbocycles. The standard InChI is InChI=1S/C17H15ClN2S/c18-14-8-4-7-13(9-14)15(19)10-17-20-16(11-21-17)12-5-2-1-3-6-12/h1-9,11,15H,10,19H2. The first kappa shape index (κ1) is 14.3. The van der Waals surface area contributed by atoms with E-state index in [-0.39, 0.29) is 6.04 Å². The lowest BCUT2D eigenvalue weighted by atomic mass is 10.1. The zero-order chi connectivity index (χ0) is 14.7. The molecule has 0 radical (unpaired) electrons. The summed E-state index contributed by atoms with van der Waals surface area (Å²) in [6.07, 6.45) is 0.720. The summed E-state index contributed by atoms with van der Waals surface area (Å²) in [7, 11) is 0. The van der Waals surface area contributed by atoms with Gasteiger partial charge in [-0.15, -0.1) is 11.3 Å². The van der Waals surface area contributed by atoms with Crippen molar-refractivity contribution in [2.24, 2.45) is 5.73 Å². The van der Waals surface area contributed by atoms with Crippen molar-refractivity contribution in [3.05, 3.63) is 75.6 Å². The van der Waals surface area contributed by atoms with Crippen molar-refractivity contribution >= 4 is 22.9 Å². The van der Waals surface area contributed by atoms with E-state index >= 15 is 0 Å². The van der Waals surface area contributed by atoms with Gasteiger partial charge < -0.3 is 5.73 Å². The average Bonchev–Trinajstić information content (AvgIpc) is 2.97. The Balaban J connectivity index is 1.75. The quantitative estimate of drug-likeness (QED) is 0.757. The van der Waals surface area contributed by atoms with Crippen molar-refractivity contribution in [2.45, 2.75) is 12.5 Å². The first-order valence-electron chi connectivity index (χ1n) is 6.73. The molecule has 3 aromatic rings. The molecule has 106 valence electrons. The van der Waals surface area contributed by atoms with Gasteiger partial charge in [-0.1, -0.05) is 54.1 Å². The van der Waals surface area contributed by atoms with Crippen molar-refractivity contribution in [2.75, 3.05) is 0 Å². The lowest BCUT2D eigenvalue weighted by molar-refractivity contribution is 0.718. The molecule has 21 heavy (non-hydrogen) atoms. The van der Waals surface area contributed by atoms with Crippen molar-refractivity contribution < 1.29 is 0 Å². The molecule has 1 atom stereocenters. The molecule has 2 aromatic carbocycles. The number of nitrogens with zero attached hydrogens (tertiary/aromatic N) is 1. The molecule has 1 heterocycles. The third-order valence-corrected chi connectivity index (χ3v) is 4.40. The van der Waals surface area contributed by atoms with Crippen molar-refractivity contribution in [3.8, 4) is 11.3 Å². The second kappa shape index (κ2) is 6.39. The second-order valence-electron chi connectivity index (χ2n) is 4.86. The molecule has 1 aromatic heterocycles. The Morgan fingerprint density at radius 1 is 1.10 bits per heavy atom. The summed E-state index contributed by atoms with van der Waals surface area (Å²) in [6, 6.07) is 17.8. The van der Waals surface area contributed by atoms with Crippen molar-refractivity contribution in [3.63, 3.8) is 0 Å². The molecule has 0 saturated carbocycles. The van der Waals surface area contributed by atoms with Crippen LogP contribution in [0, 0.1) is 0 Å². The molecule has 4 heteroatoms. The summed E-state index contributed by atoms with van der Waals surface area (Å²) in [5, 5.41) is 3.84. The van der Waals surface area contributed by atoms with Crippen LogP contribution in [0.3, 0.4) is 0 Å². The van der Waals surface area contributed by atoms with Crippen molar-refractivity contribution in [1.82, 2.24) is 4.98 Å². The molecule has 3 rings (SSSR count). The summed E-state index contributed by atoms with van der Waals surface area (Å²) in [5.41, 5.74) is 9.44. The fourth-order valence-corrected chi connectivity index (χ4v) is 3.25. The predicted molar refractivity (Wildman–Crippen MR) is 89.6 cm³/mol. The summed E-state index contributed by atoms with van der Waals surface area (Å²) in [6.45, 7) is 0. The Kier molecular flexibility index (Phi) is 4.34. The minimum atomic E-state index is -0.0847. The van der Waals surface area contributed by atoms with Gasteiger partial charge in [-0.25, -0.2) is 4.98 Å². The van der Waals surface area contributed by atoms with E-state index in [0.29, 0.717) is 5.02 Å². The lowest BCUT2D eigenvalue weighted by Crippen LogP contribution is -2.13. The first-order valence-corrected chi connectivity index (χ1v) is 7.99. The minimum absolute atomic E-state index is 0.0847. The molecule has 2 nitrogen and oxygen atoms in total. The first-order chi connectivity index (χ1) is 10.2. The van der Waals surface area contributed by atoms with Crippen LogP contribution in [-0.2, 0) is 6.42 Å². The molecule has 0 aliphatic heterocycles. The monoisotopic (exact) mass is 314 g/mol. The minimum Gasteiger partial charge on any atom is -0.324 e. The zero-order valence-corrected chi connectivity index (χ0v) is 12.9. The van der Waals surface area contributed by atoms with Crippen molar-refractivity contribution in [1.29, 1.82) is 0 Å². The highest BCUT2D eigenvalue weighted by Gasteiger charge is 2.11. The SMILES string of the molecule is NC(Cc1nc(-c2ccccc2)cs1)c1cccc(Cl)c1. The molecule has 0 fully saturated rings. The summed E-state index contributed by atoms with van der Waals surface area (Å²) in [5.74, 6) is 0. The fourth-order valence-electron chi connectivity index (χ4n) is 2.19. The van der Waals surface area contributed by atoms with Gasteiger partial charge in [-0.2, -0.15) is 0 Å². The van der Waals surface area contributed by atoms with Gasteiger partial charge in [0.2, 0.25) is 0 Å². The molecule has 0 amide bonds. The second-order valence-corrected chi connectivity index (χ2v) is 6.24. The number of thiazole rings is 1. The topological polar surface area (TPSA) is 38.9 Å². The van der Waals surface area contributed by atoms with E-state index < -0.39 is 0 Å². The van der Waals surface area contributed by atoms with Gasteiger partial charge in [-0.05, 0) is 17.7 Å². The fraction of sp³-hybridized carbons (Fsp3) is 0.118. The van der Waals surface area contributed by atoms with Crippen LogP contribution in [0.2, 0.25) is 5.02 Å². The number of nitrogens with two attached hydrogens (primary N) is 1. The highest BCUT2D eigenvalue weighted by atomic mass is 35.5. The van der Waals surface area contributed by atoms with E-state index in [2.05, 4.69) is 22.5 Å².